The van der Waals surface area contributed by atoms with Gasteiger partial charge < -0.3 is 16.4 Å². The first-order valence-corrected chi connectivity index (χ1v) is 5.73. The van der Waals surface area contributed by atoms with Gasteiger partial charge in [0.2, 0.25) is 0 Å². The zero-order chi connectivity index (χ0) is 14.9. The van der Waals surface area contributed by atoms with E-state index in [1.165, 1.54) is 21.8 Å². The van der Waals surface area contributed by atoms with E-state index in [1.807, 2.05) is 0 Å². The molecule has 2 amide bonds. The highest BCUT2D eigenvalue weighted by molar-refractivity contribution is 5.98. The van der Waals surface area contributed by atoms with Crippen LogP contribution in [0, 0.1) is 0 Å². The molecule has 0 aliphatic carbocycles. The van der Waals surface area contributed by atoms with Gasteiger partial charge in [0.15, 0.2) is 11.5 Å². The van der Waals surface area contributed by atoms with E-state index in [0.29, 0.717) is 5.82 Å². The van der Waals surface area contributed by atoms with Crippen LogP contribution in [0.15, 0.2) is 24.5 Å². The second-order valence-corrected chi connectivity index (χ2v) is 4.34. The van der Waals surface area contributed by atoms with E-state index in [-0.39, 0.29) is 22.9 Å². The molecule has 0 saturated heterocycles. The van der Waals surface area contributed by atoms with E-state index in [2.05, 4.69) is 10.1 Å². The quantitative estimate of drug-likeness (QED) is 0.792. The third-order valence-electron chi connectivity index (χ3n) is 2.63. The highest BCUT2D eigenvalue weighted by atomic mass is 16.2. The summed E-state index contributed by atoms with van der Waals surface area (Å²) >= 11 is 0. The third-order valence-corrected chi connectivity index (χ3v) is 2.63. The first-order chi connectivity index (χ1) is 9.40. The van der Waals surface area contributed by atoms with Gasteiger partial charge in [-0.1, -0.05) is 0 Å². The van der Waals surface area contributed by atoms with E-state index in [1.54, 1.807) is 26.4 Å². The van der Waals surface area contributed by atoms with Crippen molar-refractivity contribution in [1.29, 1.82) is 0 Å². The maximum absolute atomic E-state index is 11.8. The van der Waals surface area contributed by atoms with E-state index in [4.69, 9.17) is 11.5 Å². The van der Waals surface area contributed by atoms with Crippen LogP contribution in [-0.4, -0.2) is 45.6 Å². The van der Waals surface area contributed by atoms with Gasteiger partial charge in [-0.05, 0) is 12.1 Å². The monoisotopic (exact) mass is 274 g/mol. The van der Waals surface area contributed by atoms with Gasteiger partial charge in [0.05, 0.1) is 17.4 Å². The average molecular weight is 274 g/mol. The summed E-state index contributed by atoms with van der Waals surface area (Å²) in [5, 5.41) is 4.10. The van der Waals surface area contributed by atoms with Crippen molar-refractivity contribution in [1.82, 2.24) is 19.7 Å². The SMILES string of the molecule is CN(C)C(=O)c1ccn(-c2cc(C(N)=O)c(N)cn2)n1. The Morgan fingerprint density at radius 3 is 2.65 bits per heavy atom. The molecule has 0 spiro atoms. The summed E-state index contributed by atoms with van der Waals surface area (Å²) < 4.78 is 1.38. The number of rotatable bonds is 3. The van der Waals surface area contributed by atoms with Gasteiger partial charge >= 0.3 is 0 Å². The normalized spacial score (nSPS) is 10.3. The van der Waals surface area contributed by atoms with E-state index in [9.17, 15) is 9.59 Å². The predicted molar refractivity (Wildman–Crippen MR) is 72.3 cm³/mol. The van der Waals surface area contributed by atoms with Crippen molar-refractivity contribution in [3.05, 3.63) is 35.8 Å². The fourth-order valence-electron chi connectivity index (χ4n) is 1.59. The van der Waals surface area contributed by atoms with Crippen LogP contribution in [0.25, 0.3) is 5.82 Å². The Bertz CT molecular complexity index is 676. The van der Waals surface area contributed by atoms with Gasteiger partial charge in [0.1, 0.15) is 0 Å². The van der Waals surface area contributed by atoms with E-state index >= 15 is 0 Å². The molecule has 2 rings (SSSR count). The molecule has 0 bridgehead atoms. The summed E-state index contributed by atoms with van der Waals surface area (Å²) in [5.41, 5.74) is 11.4. The number of carbonyl (C=O) groups is 2. The Morgan fingerprint density at radius 2 is 2.05 bits per heavy atom. The fraction of sp³-hybridized carbons (Fsp3) is 0.167. The molecule has 2 heterocycles. The number of carbonyl (C=O) groups excluding carboxylic acids is 2. The van der Waals surface area contributed by atoms with Crippen molar-refractivity contribution in [2.45, 2.75) is 0 Å². The summed E-state index contributed by atoms with van der Waals surface area (Å²) in [7, 11) is 3.27. The summed E-state index contributed by atoms with van der Waals surface area (Å²) in [6.45, 7) is 0. The zero-order valence-corrected chi connectivity index (χ0v) is 11.1. The molecule has 0 unspecified atom stereocenters. The van der Waals surface area contributed by atoms with E-state index < -0.39 is 5.91 Å². The van der Waals surface area contributed by atoms with Crippen molar-refractivity contribution in [2.24, 2.45) is 5.73 Å². The summed E-state index contributed by atoms with van der Waals surface area (Å²) in [4.78, 5) is 28.5. The molecule has 4 N–H and O–H groups in total. The fourth-order valence-corrected chi connectivity index (χ4v) is 1.59. The standard InChI is InChI=1S/C12H14N6O2/c1-17(2)12(20)9-3-4-18(16-9)10-5-7(11(14)19)8(13)6-15-10/h3-6H,13H2,1-2H3,(H2,14,19). The third kappa shape index (κ3) is 2.44. The maximum Gasteiger partial charge on any atom is 0.273 e. The Hall–Kier alpha value is -2.90. The Balaban J connectivity index is 2.40. The summed E-state index contributed by atoms with van der Waals surface area (Å²) in [6, 6.07) is 2.99. The minimum absolute atomic E-state index is 0.158. The van der Waals surface area contributed by atoms with Gasteiger partial charge in [0, 0.05) is 20.3 Å². The first-order valence-electron chi connectivity index (χ1n) is 5.73. The number of aromatic nitrogens is 3. The minimum atomic E-state index is -0.650. The van der Waals surface area contributed by atoms with Crippen molar-refractivity contribution < 1.29 is 9.59 Å². The van der Waals surface area contributed by atoms with Gasteiger partial charge in [-0.2, -0.15) is 5.10 Å². The molecule has 2 aromatic heterocycles. The average Bonchev–Trinajstić information content (AvgIpc) is 2.87. The first kappa shape index (κ1) is 13.5. The number of hydrogen-bond acceptors (Lipinski definition) is 5. The Morgan fingerprint density at radius 1 is 1.35 bits per heavy atom. The smallest absolute Gasteiger partial charge is 0.273 e. The minimum Gasteiger partial charge on any atom is -0.397 e. The van der Waals surface area contributed by atoms with Crippen molar-refractivity contribution in [3.8, 4) is 5.82 Å². The predicted octanol–water partition coefficient (Wildman–Crippen LogP) is -0.350. The van der Waals surface area contributed by atoms with Crippen LogP contribution in [0.1, 0.15) is 20.8 Å². The summed E-state index contributed by atoms with van der Waals surface area (Å²) in [5.74, 6) is -0.525. The molecule has 8 nitrogen and oxygen atoms in total. The number of primary amides is 1. The molecule has 104 valence electrons. The number of hydrogen-bond donors (Lipinski definition) is 2. The van der Waals surface area contributed by atoms with Crippen molar-refractivity contribution >= 4 is 17.5 Å². The molecule has 2 aromatic rings. The number of nitrogens with zero attached hydrogens (tertiary/aromatic N) is 4. The van der Waals surface area contributed by atoms with Gasteiger partial charge in [-0.25, -0.2) is 9.67 Å². The number of nitrogens with two attached hydrogens (primary N) is 2. The Labute approximate surface area is 115 Å². The lowest BCUT2D eigenvalue weighted by Gasteiger charge is -2.07. The molecular weight excluding hydrogens is 260 g/mol. The molecule has 0 atom stereocenters. The van der Waals surface area contributed by atoms with Crippen molar-refractivity contribution in [2.75, 3.05) is 19.8 Å². The van der Waals surface area contributed by atoms with Crippen LogP contribution >= 0.6 is 0 Å². The van der Waals surface area contributed by atoms with Crippen LogP contribution in [0.5, 0.6) is 0 Å². The lowest BCUT2D eigenvalue weighted by Crippen LogP contribution is -2.22. The van der Waals surface area contributed by atoms with Crippen LogP contribution < -0.4 is 11.5 Å². The lowest BCUT2D eigenvalue weighted by molar-refractivity contribution is 0.0821. The zero-order valence-electron chi connectivity index (χ0n) is 11.1. The topological polar surface area (TPSA) is 120 Å². The van der Waals surface area contributed by atoms with E-state index in [0.717, 1.165) is 0 Å². The molecule has 0 saturated carbocycles. The number of amides is 2. The molecule has 0 aliphatic heterocycles. The highest BCUT2D eigenvalue weighted by Gasteiger charge is 2.14. The summed E-state index contributed by atoms with van der Waals surface area (Å²) in [6.07, 6.45) is 2.89. The van der Waals surface area contributed by atoms with Crippen LogP contribution in [0.4, 0.5) is 5.69 Å². The van der Waals surface area contributed by atoms with Gasteiger partial charge in [-0.3, -0.25) is 9.59 Å². The lowest BCUT2D eigenvalue weighted by atomic mass is 10.2. The number of nitrogen functional groups attached to an aromatic ring is 1. The van der Waals surface area contributed by atoms with Gasteiger partial charge in [-0.15, -0.1) is 0 Å². The number of pyridine rings is 1. The van der Waals surface area contributed by atoms with Gasteiger partial charge in [0.25, 0.3) is 11.8 Å². The van der Waals surface area contributed by atoms with Crippen LogP contribution in [0.3, 0.4) is 0 Å². The molecule has 0 radical (unpaired) electrons. The molecule has 0 aliphatic rings. The van der Waals surface area contributed by atoms with Crippen molar-refractivity contribution in [3.63, 3.8) is 0 Å². The molecular formula is C12H14N6O2. The second-order valence-electron chi connectivity index (χ2n) is 4.34. The Kier molecular flexibility index (Phi) is 3.38. The molecule has 20 heavy (non-hydrogen) atoms. The highest BCUT2D eigenvalue weighted by Crippen LogP contribution is 2.14. The molecule has 8 heteroatoms. The largest absolute Gasteiger partial charge is 0.397 e. The number of anilines is 1. The second kappa shape index (κ2) is 5.00. The van der Waals surface area contributed by atoms with Crippen LogP contribution in [0.2, 0.25) is 0 Å². The molecule has 0 fully saturated rings. The maximum atomic E-state index is 11.8. The molecule has 0 aromatic carbocycles. The van der Waals surface area contributed by atoms with Crippen LogP contribution in [-0.2, 0) is 0 Å².